The fraction of sp³-hybridized carbons (Fsp3) is 0.429. The molecule has 190 valence electrons. The number of methoxy groups -OCH3 is 1. The van der Waals surface area contributed by atoms with Crippen LogP contribution in [0.2, 0.25) is 0 Å². The first kappa shape index (κ1) is 24.5. The molecule has 0 radical (unpaired) electrons. The molecular weight excluding hydrogens is 456 g/mol. The first-order chi connectivity index (χ1) is 17.6. The van der Waals surface area contributed by atoms with Gasteiger partial charge in [-0.2, -0.15) is 0 Å². The number of allylic oxidation sites excluding steroid dienone is 3. The molecule has 2 aromatic rings. The lowest BCUT2D eigenvalue weighted by Gasteiger charge is -2.37. The Morgan fingerprint density at radius 1 is 1.17 bits per heavy atom. The van der Waals surface area contributed by atoms with Crippen molar-refractivity contribution in [2.75, 3.05) is 7.11 Å². The topological polar surface area (TPSA) is 112 Å². The Morgan fingerprint density at radius 3 is 2.75 bits per heavy atom. The van der Waals surface area contributed by atoms with Gasteiger partial charge in [-0.1, -0.05) is 18.2 Å². The molecule has 8 nitrogen and oxygen atoms in total. The Bertz CT molecular complexity index is 1180. The van der Waals surface area contributed by atoms with E-state index >= 15 is 0 Å². The van der Waals surface area contributed by atoms with Crippen molar-refractivity contribution in [2.45, 2.75) is 62.8 Å². The monoisotopic (exact) mass is 490 g/mol. The van der Waals surface area contributed by atoms with Crippen molar-refractivity contribution in [3.8, 4) is 5.88 Å². The van der Waals surface area contributed by atoms with E-state index in [1.807, 2.05) is 6.07 Å². The number of hydrogen-bond donors (Lipinski definition) is 3. The smallest absolute Gasteiger partial charge is 0.213 e. The number of aromatic nitrogens is 2. The number of fused-ring (bicyclic) bond motifs is 1. The van der Waals surface area contributed by atoms with Crippen molar-refractivity contribution in [3.63, 3.8) is 0 Å². The lowest BCUT2D eigenvalue weighted by Crippen LogP contribution is -2.46. The number of nitrogens with two attached hydrogens (primary N) is 1. The lowest BCUT2D eigenvalue weighted by molar-refractivity contribution is 0.0995. The average Bonchev–Trinajstić information content (AvgIpc) is 2.95. The van der Waals surface area contributed by atoms with E-state index in [1.54, 1.807) is 38.0 Å². The summed E-state index contributed by atoms with van der Waals surface area (Å²) in [6.07, 6.45) is 17.9. The number of aliphatic hydroxyl groups is 1. The van der Waals surface area contributed by atoms with Gasteiger partial charge in [-0.25, -0.2) is 4.98 Å². The van der Waals surface area contributed by atoms with Gasteiger partial charge in [0.05, 0.1) is 30.3 Å². The second-order valence-electron chi connectivity index (χ2n) is 9.61. The van der Waals surface area contributed by atoms with Crippen molar-refractivity contribution < 1.29 is 19.3 Å². The van der Waals surface area contributed by atoms with Crippen LogP contribution in [0.5, 0.6) is 5.88 Å². The minimum absolute atomic E-state index is 0.0232. The summed E-state index contributed by atoms with van der Waals surface area (Å²) >= 11 is 0. The summed E-state index contributed by atoms with van der Waals surface area (Å²) in [4.78, 5) is 8.89. The first-order valence-corrected chi connectivity index (χ1v) is 12.7. The minimum atomic E-state index is -0.832. The van der Waals surface area contributed by atoms with Crippen LogP contribution in [-0.2, 0) is 9.47 Å². The maximum atomic E-state index is 11.2. The van der Waals surface area contributed by atoms with Crippen LogP contribution in [0.4, 0.5) is 0 Å². The van der Waals surface area contributed by atoms with Crippen LogP contribution >= 0.6 is 0 Å². The summed E-state index contributed by atoms with van der Waals surface area (Å²) in [5.74, 6) is 1.47. The number of ether oxygens (including phenoxy) is 3. The van der Waals surface area contributed by atoms with E-state index in [2.05, 4.69) is 33.5 Å². The summed E-state index contributed by atoms with van der Waals surface area (Å²) in [5, 5.41) is 15.1. The number of aliphatic hydroxyl groups excluding tert-OH is 1. The predicted molar refractivity (Wildman–Crippen MR) is 138 cm³/mol. The highest BCUT2D eigenvalue weighted by Crippen LogP contribution is 2.34. The van der Waals surface area contributed by atoms with Crippen molar-refractivity contribution in [3.05, 3.63) is 78.3 Å². The molecule has 1 aliphatic heterocycles. The Labute approximate surface area is 211 Å². The van der Waals surface area contributed by atoms with E-state index in [9.17, 15) is 5.11 Å². The van der Waals surface area contributed by atoms with Crippen LogP contribution in [0.3, 0.4) is 0 Å². The van der Waals surface area contributed by atoms with Gasteiger partial charge in [-0.15, -0.1) is 0 Å². The third-order valence-electron chi connectivity index (χ3n) is 7.42. The van der Waals surface area contributed by atoms with Crippen molar-refractivity contribution in [1.82, 2.24) is 15.3 Å². The third-order valence-corrected chi connectivity index (χ3v) is 7.42. The van der Waals surface area contributed by atoms with Gasteiger partial charge in [0.2, 0.25) is 5.88 Å². The lowest BCUT2D eigenvalue weighted by atomic mass is 9.78. The third kappa shape index (κ3) is 5.31. The maximum Gasteiger partial charge on any atom is 0.213 e. The van der Waals surface area contributed by atoms with Gasteiger partial charge in [0.15, 0.2) is 5.76 Å². The standard InChI is InChI=1S/C28H34N4O4/c1-34-24-12-11-22-27(32-24)21(13-14-30-22)28(33)25(29)18-7-9-20(10-8-18)31-26(19-5-3-2-4-6-19)23-17-35-15-16-36-23/h2-3,5,11-18,20,25-26,28,31,33H,4,6-10,29H2,1H3/t18?,20?,25-,26?,28-/m0/s1. The summed E-state index contributed by atoms with van der Waals surface area (Å²) in [6, 6.07) is 5.33. The number of nitrogens with zero attached hydrogens (tertiary/aromatic N) is 2. The molecule has 0 amide bonds. The molecule has 1 unspecified atom stereocenters. The molecule has 0 bridgehead atoms. The molecule has 2 aromatic heterocycles. The van der Waals surface area contributed by atoms with Crippen LogP contribution in [0.15, 0.2) is 72.7 Å². The van der Waals surface area contributed by atoms with Gasteiger partial charge in [0, 0.05) is 29.9 Å². The van der Waals surface area contributed by atoms with E-state index in [-0.39, 0.29) is 12.0 Å². The Hall–Kier alpha value is -3.20. The van der Waals surface area contributed by atoms with Crippen molar-refractivity contribution in [2.24, 2.45) is 11.7 Å². The zero-order valence-corrected chi connectivity index (χ0v) is 20.5. The summed E-state index contributed by atoms with van der Waals surface area (Å²) in [5.41, 5.74) is 9.98. The van der Waals surface area contributed by atoms with Gasteiger partial charge in [0.1, 0.15) is 18.8 Å². The Balaban J connectivity index is 1.24. The molecule has 1 saturated carbocycles. The van der Waals surface area contributed by atoms with Crippen LogP contribution < -0.4 is 15.8 Å². The minimum Gasteiger partial charge on any atom is -0.481 e. The van der Waals surface area contributed by atoms with E-state index in [0.717, 1.165) is 44.3 Å². The van der Waals surface area contributed by atoms with Crippen molar-refractivity contribution in [1.29, 1.82) is 0 Å². The number of nitrogens with one attached hydrogen (secondary N) is 1. The SMILES string of the molecule is COc1ccc2nccc([C@H](O)[C@@H](N)C3CCC(NC(C4=CC=CCC4)C4=COC=CO4)CC3)c2n1. The van der Waals surface area contributed by atoms with Crippen molar-refractivity contribution >= 4 is 11.0 Å². The molecule has 3 heterocycles. The molecule has 36 heavy (non-hydrogen) atoms. The molecule has 5 rings (SSSR count). The highest BCUT2D eigenvalue weighted by atomic mass is 16.5. The molecule has 0 spiro atoms. The molecule has 1 fully saturated rings. The van der Waals surface area contributed by atoms with E-state index in [4.69, 9.17) is 19.9 Å². The zero-order valence-electron chi connectivity index (χ0n) is 20.5. The molecule has 0 aromatic carbocycles. The Morgan fingerprint density at radius 2 is 2.03 bits per heavy atom. The number of pyridine rings is 2. The quantitative estimate of drug-likeness (QED) is 0.506. The molecule has 8 heteroatoms. The summed E-state index contributed by atoms with van der Waals surface area (Å²) in [6.45, 7) is 0. The van der Waals surface area contributed by atoms with Gasteiger partial charge in [-0.05, 0) is 62.1 Å². The molecule has 3 aliphatic rings. The first-order valence-electron chi connectivity index (χ1n) is 12.7. The maximum absolute atomic E-state index is 11.2. The van der Waals surface area contributed by atoms with E-state index < -0.39 is 12.1 Å². The van der Waals surface area contributed by atoms with Crippen LogP contribution in [-0.4, -0.2) is 40.3 Å². The summed E-state index contributed by atoms with van der Waals surface area (Å²) in [7, 11) is 1.57. The number of rotatable bonds is 8. The highest BCUT2D eigenvalue weighted by Gasteiger charge is 2.33. The van der Waals surface area contributed by atoms with E-state index in [0.29, 0.717) is 28.5 Å². The fourth-order valence-corrected chi connectivity index (χ4v) is 5.39. The Kier molecular flexibility index (Phi) is 7.65. The molecular formula is C28H34N4O4. The van der Waals surface area contributed by atoms with Gasteiger partial charge in [0.25, 0.3) is 0 Å². The van der Waals surface area contributed by atoms with Gasteiger partial charge >= 0.3 is 0 Å². The fourth-order valence-electron chi connectivity index (χ4n) is 5.39. The molecule has 2 aliphatic carbocycles. The largest absolute Gasteiger partial charge is 0.481 e. The normalized spacial score (nSPS) is 24.2. The zero-order chi connectivity index (χ0) is 24.9. The molecule has 3 atom stereocenters. The van der Waals surface area contributed by atoms with Gasteiger partial charge in [-0.3, -0.25) is 4.98 Å². The second-order valence-corrected chi connectivity index (χ2v) is 9.61. The van der Waals surface area contributed by atoms with Crippen LogP contribution in [0, 0.1) is 5.92 Å². The molecule has 4 N–H and O–H groups in total. The summed E-state index contributed by atoms with van der Waals surface area (Å²) < 4.78 is 16.4. The van der Waals surface area contributed by atoms with Crippen LogP contribution in [0.25, 0.3) is 11.0 Å². The average molecular weight is 491 g/mol. The second kappa shape index (κ2) is 11.2. The number of hydrogen-bond acceptors (Lipinski definition) is 8. The molecule has 0 saturated heterocycles. The van der Waals surface area contributed by atoms with E-state index in [1.165, 1.54) is 11.8 Å². The highest BCUT2D eigenvalue weighted by molar-refractivity contribution is 5.78. The van der Waals surface area contributed by atoms with Crippen LogP contribution in [0.1, 0.15) is 50.2 Å². The predicted octanol–water partition coefficient (Wildman–Crippen LogP) is 4.15. The van der Waals surface area contributed by atoms with Gasteiger partial charge < -0.3 is 30.4 Å².